The molecule has 1 aliphatic rings. The van der Waals surface area contributed by atoms with Gasteiger partial charge in [0.1, 0.15) is 24.4 Å². The molecule has 94 heavy (non-hydrogen) atoms. The fourth-order valence-corrected chi connectivity index (χ4v) is 12.7. The maximum atomic E-state index is 13.2. The van der Waals surface area contributed by atoms with Crippen LogP contribution in [0, 0.1) is 0 Å². The van der Waals surface area contributed by atoms with Crippen LogP contribution in [0.4, 0.5) is 0 Å². The van der Waals surface area contributed by atoms with E-state index in [9.17, 15) is 30.3 Å². The van der Waals surface area contributed by atoms with E-state index in [0.29, 0.717) is 6.42 Å². The number of unbranched alkanes of at least 4 members (excludes halogenated alkanes) is 47. The number of aliphatic hydroxyl groups is 5. The highest BCUT2D eigenvalue weighted by Crippen LogP contribution is 2.24. The van der Waals surface area contributed by atoms with Crippen LogP contribution in [0.2, 0.25) is 0 Å². The smallest absolute Gasteiger partial charge is 0.220 e. The maximum absolute atomic E-state index is 13.2. The van der Waals surface area contributed by atoms with E-state index >= 15 is 0 Å². The molecule has 1 aliphatic heterocycles. The van der Waals surface area contributed by atoms with Crippen LogP contribution < -0.4 is 5.32 Å². The lowest BCUT2D eigenvalue weighted by atomic mass is 9.99. The van der Waals surface area contributed by atoms with Crippen LogP contribution in [0.15, 0.2) is 97.2 Å². The number of amides is 1. The lowest BCUT2D eigenvalue weighted by Crippen LogP contribution is -2.60. The molecule has 1 saturated heterocycles. The minimum absolute atomic E-state index is 0.173. The lowest BCUT2D eigenvalue weighted by molar-refractivity contribution is -0.302. The molecule has 1 heterocycles. The molecule has 1 rings (SSSR count). The second-order valence-electron chi connectivity index (χ2n) is 27.8. The summed E-state index contributed by atoms with van der Waals surface area (Å²) in [6.07, 6.45) is 99.8. The number of nitrogens with one attached hydrogen (secondary N) is 1. The minimum Gasteiger partial charge on any atom is -0.394 e. The Kier molecular flexibility index (Phi) is 69.1. The Bertz CT molecular complexity index is 1820. The topological polar surface area (TPSA) is 149 Å². The predicted molar refractivity (Wildman–Crippen MR) is 405 cm³/mol. The van der Waals surface area contributed by atoms with Crippen LogP contribution in [-0.4, -0.2) is 87.5 Å². The monoisotopic (exact) mass is 1320 g/mol. The SMILES string of the molecule is CC/C=C\C/C=C\C/C=C\C/C=C\C/C=C\C/C=C\C/C=C\CCCCCCCCCCCCCCCCCCCC(=O)NC(COC1OC(CO)C(O)C(O)C1O)C(O)/C=C/CCCCCCCCCCCCCCCCCCCCCCCCCCCCCCCC. The Hall–Kier alpha value is -2.89. The molecule has 0 aromatic heterocycles. The van der Waals surface area contributed by atoms with Crippen LogP contribution >= 0.6 is 0 Å². The molecule has 1 fully saturated rings. The van der Waals surface area contributed by atoms with Crippen molar-refractivity contribution in [1.29, 1.82) is 0 Å². The summed E-state index contributed by atoms with van der Waals surface area (Å²) in [5, 5.41) is 54.9. The van der Waals surface area contributed by atoms with Gasteiger partial charge in [-0.15, -0.1) is 0 Å². The molecule has 0 radical (unpaired) electrons. The Morgan fingerprint density at radius 3 is 0.979 bits per heavy atom. The van der Waals surface area contributed by atoms with E-state index in [4.69, 9.17) is 9.47 Å². The summed E-state index contributed by atoms with van der Waals surface area (Å²) in [5.74, 6) is -0.173. The molecule has 0 aromatic rings. The molecule has 0 aliphatic carbocycles. The first-order chi connectivity index (χ1) is 46.3. The number of carbonyl (C=O) groups is 1. The van der Waals surface area contributed by atoms with Gasteiger partial charge in [0.25, 0.3) is 0 Å². The maximum Gasteiger partial charge on any atom is 0.220 e. The van der Waals surface area contributed by atoms with Gasteiger partial charge in [0.15, 0.2) is 6.29 Å². The number of carbonyl (C=O) groups excluding carboxylic acids is 1. The average Bonchev–Trinajstić information content (AvgIpc) is 0.829. The molecule has 546 valence electrons. The number of rotatable bonds is 71. The Morgan fingerprint density at radius 2 is 0.660 bits per heavy atom. The van der Waals surface area contributed by atoms with E-state index in [2.05, 4.69) is 104 Å². The van der Waals surface area contributed by atoms with Crippen LogP contribution in [0.25, 0.3) is 0 Å². The summed E-state index contributed by atoms with van der Waals surface area (Å²) in [4.78, 5) is 13.2. The zero-order chi connectivity index (χ0) is 67.8. The van der Waals surface area contributed by atoms with Crippen LogP contribution in [-0.2, 0) is 14.3 Å². The minimum atomic E-state index is -1.57. The van der Waals surface area contributed by atoms with Gasteiger partial charge in [0.05, 0.1) is 25.4 Å². The second kappa shape index (κ2) is 72.8. The second-order valence-corrected chi connectivity index (χ2v) is 27.8. The number of aliphatic hydroxyl groups excluding tert-OH is 5. The molecule has 0 saturated carbocycles. The quantitative estimate of drug-likeness (QED) is 0.0261. The molecule has 7 unspecified atom stereocenters. The summed E-state index contributed by atoms with van der Waals surface area (Å²) >= 11 is 0. The van der Waals surface area contributed by atoms with Crippen molar-refractivity contribution in [3.05, 3.63) is 97.2 Å². The third kappa shape index (κ3) is 60.3. The Labute approximate surface area is 581 Å². The van der Waals surface area contributed by atoms with Gasteiger partial charge in [-0.05, 0) is 77.0 Å². The highest BCUT2D eigenvalue weighted by molar-refractivity contribution is 5.76. The van der Waals surface area contributed by atoms with Gasteiger partial charge in [0, 0.05) is 6.42 Å². The summed E-state index contributed by atoms with van der Waals surface area (Å²) in [7, 11) is 0. The third-order valence-electron chi connectivity index (χ3n) is 18.9. The van der Waals surface area contributed by atoms with Crippen molar-refractivity contribution in [3.8, 4) is 0 Å². The average molecular weight is 1320 g/mol. The van der Waals surface area contributed by atoms with Crippen molar-refractivity contribution in [3.63, 3.8) is 0 Å². The van der Waals surface area contributed by atoms with E-state index in [1.807, 2.05) is 6.08 Å². The van der Waals surface area contributed by atoms with Gasteiger partial charge in [-0.2, -0.15) is 0 Å². The highest BCUT2D eigenvalue weighted by Gasteiger charge is 2.44. The largest absolute Gasteiger partial charge is 0.394 e. The molecule has 9 heteroatoms. The summed E-state index contributed by atoms with van der Waals surface area (Å²) in [6, 6.07) is -0.811. The first-order valence-electron chi connectivity index (χ1n) is 40.5. The van der Waals surface area contributed by atoms with Crippen LogP contribution in [0.5, 0.6) is 0 Å². The van der Waals surface area contributed by atoms with E-state index in [-0.39, 0.29) is 12.5 Å². The van der Waals surface area contributed by atoms with Crippen molar-refractivity contribution in [2.24, 2.45) is 0 Å². The molecular weight excluding hydrogens is 1160 g/mol. The van der Waals surface area contributed by atoms with Gasteiger partial charge in [-0.25, -0.2) is 0 Å². The molecule has 6 N–H and O–H groups in total. The normalized spacial score (nSPS) is 18.1. The van der Waals surface area contributed by atoms with Crippen molar-refractivity contribution >= 4 is 5.91 Å². The summed E-state index contributed by atoms with van der Waals surface area (Å²) < 4.78 is 11.4. The fraction of sp³-hybridized carbons (Fsp3) is 0.800. The Morgan fingerprint density at radius 1 is 0.372 bits per heavy atom. The molecule has 7 atom stereocenters. The van der Waals surface area contributed by atoms with Crippen molar-refractivity contribution < 1.29 is 39.8 Å². The third-order valence-corrected chi connectivity index (χ3v) is 18.9. The lowest BCUT2D eigenvalue weighted by Gasteiger charge is -2.40. The van der Waals surface area contributed by atoms with Crippen molar-refractivity contribution in [2.75, 3.05) is 13.2 Å². The zero-order valence-corrected chi connectivity index (χ0v) is 61.5. The molecule has 9 nitrogen and oxygen atoms in total. The van der Waals surface area contributed by atoms with Crippen LogP contribution in [0.1, 0.15) is 380 Å². The summed E-state index contributed by atoms with van der Waals surface area (Å²) in [6.45, 7) is 3.71. The van der Waals surface area contributed by atoms with E-state index in [0.717, 1.165) is 83.5 Å². The van der Waals surface area contributed by atoms with Gasteiger partial charge >= 0.3 is 0 Å². The molecule has 0 bridgehead atoms. The van der Waals surface area contributed by atoms with Gasteiger partial charge in [-0.3, -0.25) is 4.79 Å². The van der Waals surface area contributed by atoms with Gasteiger partial charge in [0.2, 0.25) is 5.91 Å². The fourth-order valence-electron chi connectivity index (χ4n) is 12.7. The number of hydrogen-bond acceptors (Lipinski definition) is 8. The van der Waals surface area contributed by atoms with Crippen molar-refractivity contribution in [1.82, 2.24) is 5.32 Å². The number of allylic oxidation sites excluding steroid dienone is 15. The predicted octanol–water partition coefficient (Wildman–Crippen LogP) is 23.4. The summed E-state index contributed by atoms with van der Waals surface area (Å²) in [5.41, 5.74) is 0. The molecule has 1 amide bonds. The molecule has 0 spiro atoms. The number of ether oxygens (including phenoxy) is 2. The van der Waals surface area contributed by atoms with Gasteiger partial charge in [-0.1, -0.05) is 394 Å². The number of hydrogen-bond donors (Lipinski definition) is 6. The first-order valence-corrected chi connectivity index (χ1v) is 40.5. The zero-order valence-electron chi connectivity index (χ0n) is 61.5. The Balaban J connectivity index is 2.08. The van der Waals surface area contributed by atoms with Crippen molar-refractivity contribution in [2.45, 2.75) is 423 Å². The first kappa shape index (κ1) is 89.1. The van der Waals surface area contributed by atoms with E-state index < -0.39 is 49.5 Å². The van der Waals surface area contributed by atoms with E-state index in [1.54, 1.807) is 6.08 Å². The van der Waals surface area contributed by atoms with Crippen LogP contribution in [0.3, 0.4) is 0 Å². The standard InChI is InChI=1S/C85H153NO8/c1-3-5-7-9-11-13-15-17-19-21-23-25-27-29-31-33-35-37-38-39-40-41-42-43-45-47-49-51-53-55-57-59-61-63-65-67-69-71-73-75-81(89)86-78(77-93-85-84(92)83(91)82(90)80(76-87)94-85)79(88)74-72-70-68-66-64-62-60-58-56-54-52-50-48-46-44-36-34-32-30-28-26-24-22-20-18-16-14-12-10-8-6-4-2/h5,7,11,13,17,19,23,25,29,31,35,37,39-40,72,74,78-80,82-85,87-88,90-92H,3-4,6,8-10,12,14-16,18,20-22,24,26-28,30,32-34,36,38,41-71,73,75-77H2,1-2H3,(H,86,89)/b7-5-,13-11-,19-17-,25-23-,31-29-,37-35-,40-39-,74-72+. The highest BCUT2D eigenvalue weighted by atomic mass is 16.7. The molecular formula is C85H153NO8. The van der Waals surface area contributed by atoms with E-state index in [1.165, 1.54) is 276 Å². The van der Waals surface area contributed by atoms with Gasteiger partial charge < -0.3 is 40.3 Å². The molecule has 0 aromatic carbocycles.